The number of rotatable bonds is 5. The smallest absolute Gasteiger partial charge is 0.218 e. The van der Waals surface area contributed by atoms with Crippen LogP contribution < -0.4 is 10.1 Å². The van der Waals surface area contributed by atoms with Gasteiger partial charge in [0.2, 0.25) is 5.88 Å². The number of hydrogen-bond donors (Lipinski definition) is 1. The summed E-state index contributed by atoms with van der Waals surface area (Å²) in [4.78, 5) is 4.18. The molecule has 1 heterocycles. The normalized spacial score (nSPS) is 10.1. The maximum Gasteiger partial charge on any atom is 0.218 e. The van der Waals surface area contributed by atoms with Crippen molar-refractivity contribution in [3.63, 3.8) is 0 Å². The Bertz CT molecular complexity index is 511. The maximum absolute atomic E-state index is 5.23. The molecule has 3 nitrogen and oxygen atoms in total. The number of ether oxygens (including phenoxy) is 1. The Morgan fingerprint density at radius 3 is 2.89 bits per heavy atom. The number of aromatic nitrogens is 1. The lowest BCUT2D eigenvalue weighted by molar-refractivity contribution is 0.393. The molecule has 0 atom stereocenters. The van der Waals surface area contributed by atoms with Crippen molar-refractivity contribution < 1.29 is 4.74 Å². The van der Waals surface area contributed by atoms with Crippen molar-refractivity contribution in [1.29, 1.82) is 0 Å². The van der Waals surface area contributed by atoms with Gasteiger partial charge in [-0.2, -0.15) is 0 Å². The van der Waals surface area contributed by atoms with Gasteiger partial charge in [-0.05, 0) is 30.2 Å². The van der Waals surface area contributed by atoms with Gasteiger partial charge in [-0.15, -0.1) is 0 Å². The molecule has 0 aliphatic rings. The number of aryl methyl sites for hydroxylation is 1. The van der Waals surface area contributed by atoms with Crippen molar-refractivity contribution in [1.82, 2.24) is 4.98 Å². The van der Waals surface area contributed by atoms with E-state index in [0.29, 0.717) is 12.4 Å². The fraction of sp³-hybridized carbons (Fsp3) is 0.267. The molecule has 1 aromatic carbocycles. The molecule has 0 amide bonds. The first-order chi connectivity index (χ1) is 8.83. The van der Waals surface area contributed by atoms with Crippen molar-refractivity contribution in [2.24, 2.45) is 0 Å². The lowest BCUT2D eigenvalue weighted by Gasteiger charge is -2.10. The van der Waals surface area contributed by atoms with E-state index in [1.54, 1.807) is 13.3 Å². The van der Waals surface area contributed by atoms with Crippen LogP contribution in [0, 0.1) is 0 Å². The van der Waals surface area contributed by atoms with E-state index in [9.17, 15) is 0 Å². The van der Waals surface area contributed by atoms with Gasteiger partial charge in [0.1, 0.15) is 0 Å². The average molecular weight is 242 g/mol. The summed E-state index contributed by atoms with van der Waals surface area (Å²) in [6, 6.07) is 12.4. The molecule has 1 N–H and O–H groups in total. The van der Waals surface area contributed by atoms with Crippen LogP contribution in [0.15, 0.2) is 42.6 Å². The molecule has 1 aromatic heterocycles. The van der Waals surface area contributed by atoms with Crippen molar-refractivity contribution in [3.8, 4) is 5.88 Å². The summed E-state index contributed by atoms with van der Waals surface area (Å²) < 4.78 is 5.23. The van der Waals surface area contributed by atoms with Gasteiger partial charge in [-0.25, -0.2) is 4.98 Å². The number of nitrogens with zero attached hydrogens (tertiary/aromatic N) is 1. The molecule has 0 spiro atoms. The summed E-state index contributed by atoms with van der Waals surface area (Å²) in [5.74, 6) is 0.677. The van der Waals surface area contributed by atoms with Gasteiger partial charge in [0.05, 0.1) is 7.11 Å². The van der Waals surface area contributed by atoms with Crippen molar-refractivity contribution in [2.45, 2.75) is 19.9 Å². The topological polar surface area (TPSA) is 34.2 Å². The molecule has 0 aliphatic heterocycles. The predicted octanol–water partition coefficient (Wildman–Crippen LogP) is 3.26. The van der Waals surface area contributed by atoms with E-state index in [0.717, 1.165) is 17.7 Å². The van der Waals surface area contributed by atoms with Crippen LogP contribution in [0.1, 0.15) is 18.1 Å². The minimum absolute atomic E-state index is 0.677. The number of benzene rings is 1. The summed E-state index contributed by atoms with van der Waals surface area (Å²) in [5.41, 5.74) is 3.51. The molecule has 2 aromatic rings. The van der Waals surface area contributed by atoms with E-state index in [2.05, 4.69) is 41.5 Å². The van der Waals surface area contributed by atoms with Gasteiger partial charge in [0, 0.05) is 24.0 Å². The molecule has 0 aliphatic carbocycles. The third-order valence-electron chi connectivity index (χ3n) is 2.86. The predicted molar refractivity (Wildman–Crippen MR) is 73.9 cm³/mol. The second-order valence-electron chi connectivity index (χ2n) is 4.08. The summed E-state index contributed by atoms with van der Waals surface area (Å²) in [5, 5.41) is 3.39. The second-order valence-corrected chi connectivity index (χ2v) is 4.08. The van der Waals surface area contributed by atoms with E-state index in [1.807, 2.05) is 12.1 Å². The number of pyridine rings is 1. The fourth-order valence-corrected chi connectivity index (χ4v) is 1.84. The molecule has 0 fully saturated rings. The van der Waals surface area contributed by atoms with Gasteiger partial charge in [-0.3, -0.25) is 0 Å². The quantitative estimate of drug-likeness (QED) is 0.873. The summed E-state index contributed by atoms with van der Waals surface area (Å²) in [7, 11) is 1.64. The van der Waals surface area contributed by atoms with Crippen LogP contribution in [0.2, 0.25) is 0 Å². The Kier molecular flexibility index (Phi) is 4.18. The van der Waals surface area contributed by atoms with Gasteiger partial charge < -0.3 is 10.1 Å². The molecular formula is C15H18N2O. The van der Waals surface area contributed by atoms with E-state index >= 15 is 0 Å². The first-order valence-corrected chi connectivity index (χ1v) is 6.14. The van der Waals surface area contributed by atoms with Gasteiger partial charge >= 0.3 is 0 Å². The SMILES string of the molecule is CCc1cccc(NCc2cccnc2OC)c1. The number of hydrogen-bond acceptors (Lipinski definition) is 3. The molecular weight excluding hydrogens is 224 g/mol. The number of methoxy groups -OCH3 is 1. The highest BCUT2D eigenvalue weighted by Gasteiger charge is 2.02. The van der Waals surface area contributed by atoms with Gasteiger partial charge in [-0.1, -0.05) is 25.1 Å². The first-order valence-electron chi connectivity index (χ1n) is 6.14. The Morgan fingerprint density at radius 1 is 1.22 bits per heavy atom. The highest BCUT2D eigenvalue weighted by atomic mass is 16.5. The summed E-state index contributed by atoms with van der Waals surface area (Å²) >= 11 is 0. The minimum atomic E-state index is 0.677. The average Bonchev–Trinajstić information content (AvgIpc) is 2.45. The molecule has 0 saturated heterocycles. The molecule has 0 saturated carbocycles. The molecule has 0 radical (unpaired) electrons. The third-order valence-corrected chi connectivity index (χ3v) is 2.86. The summed E-state index contributed by atoms with van der Waals surface area (Å²) in [6.45, 7) is 2.87. The number of anilines is 1. The minimum Gasteiger partial charge on any atom is -0.481 e. The van der Waals surface area contributed by atoms with Crippen LogP contribution in [-0.2, 0) is 13.0 Å². The van der Waals surface area contributed by atoms with E-state index in [4.69, 9.17) is 4.74 Å². The first kappa shape index (κ1) is 12.4. The lowest BCUT2D eigenvalue weighted by atomic mass is 10.1. The van der Waals surface area contributed by atoms with Crippen LogP contribution in [0.3, 0.4) is 0 Å². The Labute approximate surface area is 108 Å². The molecule has 94 valence electrons. The Balaban J connectivity index is 2.06. The van der Waals surface area contributed by atoms with Crippen molar-refractivity contribution in [3.05, 3.63) is 53.7 Å². The fourth-order valence-electron chi connectivity index (χ4n) is 1.84. The monoisotopic (exact) mass is 242 g/mol. The molecule has 18 heavy (non-hydrogen) atoms. The second kappa shape index (κ2) is 6.05. The molecule has 0 unspecified atom stereocenters. The zero-order valence-electron chi connectivity index (χ0n) is 10.8. The van der Waals surface area contributed by atoms with Crippen LogP contribution >= 0.6 is 0 Å². The van der Waals surface area contributed by atoms with Crippen LogP contribution in [-0.4, -0.2) is 12.1 Å². The van der Waals surface area contributed by atoms with Gasteiger partial charge in [0.15, 0.2) is 0 Å². The molecule has 0 bridgehead atoms. The Morgan fingerprint density at radius 2 is 2.11 bits per heavy atom. The van der Waals surface area contributed by atoms with Gasteiger partial charge in [0.25, 0.3) is 0 Å². The highest BCUT2D eigenvalue weighted by Crippen LogP contribution is 2.17. The van der Waals surface area contributed by atoms with Crippen LogP contribution in [0.25, 0.3) is 0 Å². The zero-order valence-corrected chi connectivity index (χ0v) is 10.8. The zero-order chi connectivity index (χ0) is 12.8. The Hall–Kier alpha value is -2.03. The summed E-state index contributed by atoms with van der Waals surface area (Å²) in [6.07, 6.45) is 2.78. The lowest BCUT2D eigenvalue weighted by Crippen LogP contribution is -2.03. The van der Waals surface area contributed by atoms with E-state index < -0.39 is 0 Å². The van der Waals surface area contributed by atoms with Crippen LogP contribution in [0.4, 0.5) is 5.69 Å². The van der Waals surface area contributed by atoms with Crippen molar-refractivity contribution >= 4 is 5.69 Å². The standard InChI is InChI=1S/C15H18N2O/c1-3-12-6-4-8-14(10-12)17-11-13-7-5-9-16-15(13)18-2/h4-10,17H,3,11H2,1-2H3. The third kappa shape index (κ3) is 3.00. The molecule has 2 rings (SSSR count). The van der Waals surface area contributed by atoms with E-state index in [-0.39, 0.29) is 0 Å². The van der Waals surface area contributed by atoms with Crippen LogP contribution in [0.5, 0.6) is 5.88 Å². The number of nitrogens with one attached hydrogen (secondary N) is 1. The maximum atomic E-state index is 5.23. The molecule has 3 heteroatoms. The largest absolute Gasteiger partial charge is 0.481 e. The highest BCUT2D eigenvalue weighted by molar-refractivity contribution is 5.46. The van der Waals surface area contributed by atoms with E-state index in [1.165, 1.54) is 5.56 Å². The van der Waals surface area contributed by atoms with Crippen molar-refractivity contribution in [2.75, 3.05) is 12.4 Å².